The molecule has 2 aromatic rings. The van der Waals surface area contributed by atoms with Gasteiger partial charge in [0.25, 0.3) is 0 Å². The van der Waals surface area contributed by atoms with E-state index in [1.165, 1.54) is 5.56 Å². The molecule has 0 radical (unpaired) electrons. The minimum atomic E-state index is -0.0578. The van der Waals surface area contributed by atoms with Crippen molar-refractivity contribution in [2.24, 2.45) is 0 Å². The molecule has 0 unspecified atom stereocenters. The largest absolute Gasteiger partial charge is 0.493 e. The van der Waals surface area contributed by atoms with Crippen molar-refractivity contribution < 1.29 is 9.53 Å². The third-order valence-corrected chi connectivity index (χ3v) is 3.05. The number of carbonyl (C=O) groups is 1. The van der Waals surface area contributed by atoms with Gasteiger partial charge in [0.1, 0.15) is 11.6 Å². The number of benzene rings is 1. The quantitative estimate of drug-likeness (QED) is 0.913. The number of nitrogens with zero attached hydrogens (tertiary/aromatic N) is 1. The van der Waals surface area contributed by atoms with Crippen molar-refractivity contribution in [1.82, 2.24) is 4.98 Å². The summed E-state index contributed by atoms with van der Waals surface area (Å²) in [5.41, 5.74) is 2.18. The second-order valence-electron chi connectivity index (χ2n) is 4.48. The van der Waals surface area contributed by atoms with Crippen molar-refractivity contribution >= 4 is 11.7 Å². The van der Waals surface area contributed by atoms with Gasteiger partial charge in [-0.15, -0.1) is 0 Å². The molecule has 0 saturated heterocycles. The van der Waals surface area contributed by atoms with Crippen molar-refractivity contribution in [2.75, 3.05) is 11.9 Å². The molecule has 1 aliphatic rings. The summed E-state index contributed by atoms with van der Waals surface area (Å²) in [5.74, 6) is 1.46. The van der Waals surface area contributed by atoms with Crippen LogP contribution in [0.5, 0.6) is 5.75 Å². The lowest BCUT2D eigenvalue weighted by molar-refractivity contribution is -0.115. The van der Waals surface area contributed by atoms with E-state index in [-0.39, 0.29) is 5.91 Å². The van der Waals surface area contributed by atoms with E-state index in [1.54, 1.807) is 12.3 Å². The summed E-state index contributed by atoms with van der Waals surface area (Å²) in [6, 6.07) is 11.3. The maximum Gasteiger partial charge on any atom is 0.229 e. The summed E-state index contributed by atoms with van der Waals surface area (Å²) in [7, 11) is 0. The monoisotopic (exact) mass is 254 g/mol. The molecular formula is C15H14N2O2. The van der Waals surface area contributed by atoms with Gasteiger partial charge in [-0.25, -0.2) is 4.98 Å². The van der Waals surface area contributed by atoms with Crippen LogP contribution in [-0.2, 0) is 17.6 Å². The fraction of sp³-hybridized carbons (Fsp3) is 0.200. The van der Waals surface area contributed by atoms with E-state index in [4.69, 9.17) is 4.74 Å². The second kappa shape index (κ2) is 5.10. The highest BCUT2D eigenvalue weighted by Gasteiger charge is 2.13. The summed E-state index contributed by atoms with van der Waals surface area (Å²) in [4.78, 5) is 16.0. The van der Waals surface area contributed by atoms with E-state index in [2.05, 4.69) is 10.3 Å². The summed E-state index contributed by atoms with van der Waals surface area (Å²) >= 11 is 0. The lowest BCUT2D eigenvalue weighted by Crippen LogP contribution is -2.15. The maximum absolute atomic E-state index is 11.9. The lowest BCUT2D eigenvalue weighted by Gasteiger charge is -2.05. The van der Waals surface area contributed by atoms with Crippen LogP contribution in [0, 0.1) is 0 Å². The Morgan fingerprint density at radius 3 is 3.11 bits per heavy atom. The first-order valence-electron chi connectivity index (χ1n) is 6.27. The topological polar surface area (TPSA) is 51.2 Å². The Morgan fingerprint density at radius 2 is 2.26 bits per heavy atom. The number of aromatic nitrogens is 1. The van der Waals surface area contributed by atoms with Gasteiger partial charge >= 0.3 is 0 Å². The number of carbonyl (C=O) groups excluding carboxylic acids is 1. The molecule has 19 heavy (non-hydrogen) atoms. The number of hydrogen-bond donors (Lipinski definition) is 1. The van der Waals surface area contributed by atoms with Crippen LogP contribution in [0.25, 0.3) is 0 Å². The molecule has 0 aliphatic carbocycles. The molecule has 2 heterocycles. The predicted molar refractivity (Wildman–Crippen MR) is 72.2 cm³/mol. The SMILES string of the molecule is O=C(Cc1ccc2c(c1)CCO2)Nc1ccccn1. The zero-order chi connectivity index (χ0) is 13.1. The smallest absolute Gasteiger partial charge is 0.229 e. The van der Waals surface area contributed by atoms with E-state index in [1.807, 2.05) is 30.3 Å². The van der Waals surface area contributed by atoms with Gasteiger partial charge in [-0.2, -0.15) is 0 Å². The Morgan fingerprint density at radius 1 is 1.32 bits per heavy atom. The lowest BCUT2D eigenvalue weighted by atomic mass is 10.1. The van der Waals surface area contributed by atoms with Crippen LogP contribution < -0.4 is 10.1 Å². The summed E-state index contributed by atoms with van der Waals surface area (Å²) in [6.07, 6.45) is 2.93. The standard InChI is InChI=1S/C15H14N2O2/c18-15(17-14-3-1-2-7-16-14)10-11-4-5-13-12(9-11)6-8-19-13/h1-5,7,9H,6,8,10H2,(H,16,17,18). The van der Waals surface area contributed by atoms with Crippen LogP contribution in [0.2, 0.25) is 0 Å². The molecule has 1 amide bonds. The average Bonchev–Trinajstić information content (AvgIpc) is 2.87. The van der Waals surface area contributed by atoms with Crippen LogP contribution in [-0.4, -0.2) is 17.5 Å². The van der Waals surface area contributed by atoms with Crippen molar-refractivity contribution in [3.05, 3.63) is 53.7 Å². The Balaban J connectivity index is 1.66. The van der Waals surface area contributed by atoms with Crippen LogP contribution in [0.3, 0.4) is 0 Å². The minimum Gasteiger partial charge on any atom is -0.493 e. The third-order valence-electron chi connectivity index (χ3n) is 3.05. The van der Waals surface area contributed by atoms with Crippen LogP contribution in [0.1, 0.15) is 11.1 Å². The molecule has 1 aromatic carbocycles. The number of amides is 1. The van der Waals surface area contributed by atoms with E-state index in [9.17, 15) is 4.79 Å². The highest BCUT2D eigenvalue weighted by Crippen LogP contribution is 2.26. The fourth-order valence-electron chi connectivity index (χ4n) is 2.16. The number of hydrogen-bond acceptors (Lipinski definition) is 3. The summed E-state index contributed by atoms with van der Waals surface area (Å²) in [5, 5.41) is 2.78. The molecule has 1 aromatic heterocycles. The van der Waals surface area contributed by atoms with Crippen molar-refractivity contribution in [1.29, 1.82) is 0 Å². The number of anilines is 1. The van der Waals surface area contributed by atoms with E-state index >= 15 is 0 Å². The molecule has 3 rings (SSSR count). The summed E-state index contributed by atoms with van der Waals surface area (Å²) in [6.45, 7) is 0.735. The normalized spacial score (nSPS) is 12.6. The minimum absolute atomic E-state index is 0.0578. The molecule has 1 aliphatic heterocycles. The third kappa shape index (κ3) is 2.73. The van der Waals surface area contributed by atoms with Crippen LogP contribution in [0.15, 0.2) is 42.6 Å². The first kappa shape index (κ1) is 11.7. The maximum atomic E-state index is 11.9. The number of nitrogens with one attached hydrogen (secondary N) is 1. The van der Waals surface area contributed by atoms with Crippen molar-refractivity contribution in [2.45, 2.75) is 12.8 Å². The van der Waals surface area contributed by atoms with Crippen molar-refractivity contribution in [3.8, 4) is 5.75 Å². The van der Waals surface area contributed by atoms with Crippen LogP contribution >= 0.6 is 0 Å². The van der Waals surface area contributed by atoms with Gasteiger partial charge in [-0.05, 0) is 29.3 Å². The molecule has 1 N–H and O–H groups in total. The Bertz CT molecular complexity index is 596. The van der Waals surface area contributed by atoms with Gasteiger partial charge in [0.15, 0.2) is 0 Å². The van der Waals surface area contributed by atoms with Gasteiger partial charge in [0.05, 0.1) is 13.0 Å². The molecule has 0 fully saturated rings. The van der Waals surface area contributed by atoms with Gasteiger partial charge in [0.2, 0.25) is 5.91 Å². The van der Waals surface area contributed by atoms with Crippen molar-refractivity contribution in [3.63, 3.8) is 0 Å². The first-order chi connectivity index (χ1) is 9.31. The Kier molecular flexibility index (Phi) is 3.14. The molecular weight excluding hydrogens is 240 g/mol. The number of ether oxygens (including phenoxy) is 1. The van der Waals surface area contributed by atoms with Gasteiger partial charge < -0.3 is 10.1 Å². The molecule has 0 spiro atoms. The second-order valence-corrected chi connectivity index (χ2v) is 4.48. The van der Waals surface area contributed by atoms with Gasteiger partial charge in [-0.3, -0.25) is 4.79 Å². The molecule has 0 saturated carbocycles. The number of rotatable bonds is 3. The summed E-state index contributed by atoms with van der Waals surface area (Å²) < 4.78 is 5.44. The zero-order valence-electron chi connectivity index (χ0n) is 10.4. The number of pyridine rings is 1. The molecule has 4 nitrogen and oxygen atoms in total. The highest BCUT2D eigenvalue weighted by atomic mass is 16.5. The predicted octanol–water partition coefficient (Wildman–Crippen LogP) is 2.20. The van der Waals surface area contributed by atoms with Crippen LogP contribution in [0.4, 0.5) is 5.82 Å². The Hall–Kier alpha value is -2.36. The van der Waals surface area contributed by atoms with E-state index in [0.29, 0.717) is 12.2 Å². The number of fused-ring (bicyclic) bond motifs is 1. The molecule has 96 valence electrons. The van der Waals surface area contributed by atoms with E-state index < -0.39 is 0 Å². The van der Waals surface area contributed by atoms with E-state index in [0.717, 1.165) is 24.3 Å². The average molecular weight is 254 g/mol. The fourth-order valence-corrected chi connectivity index (χ4v) is 2.16. The zero-order valence-corrected chi connectivity index (χ0v) is 10.4. The highest BCUT2D eigenvalue weighted by molar-refractivity contribution is 5.91. The molecule has 0 atom stereocenters. The molecule has 0 bridgehead atoms. The Labute approximate surface area is 111 Å². The first-order valence-corrected chi connectivity index (χ1v) is 6.27. The molecule has 4 heteroatoms. The van der Waals surface area contributed by atoms with Gasteiger partial charge in [0, 0.05) is 12.6 Å². The van der Waals surface area contributed by atoms with Gasteiger partial charge in [-0.1, -0.05) is 18.2 Å².